The van der Waals surface area contributed by atoms with Gasteiger partial charge in [-0.05, 0) is 72.5 Å². The first-order valence-electron chi connectivity index (χ1n) is 16.8. The van der Waals surface area contributed by atoms with Crippen molar-refractivity contribution in [2.24, 2.45) is 0 Å². The van der Waals surface area contributed by atoms with Gasteiger partial charge in [0.1, 0.15) is 29.1 Å². The molecule has 0 spiro atoms. The number of para-hydroxylation sites is 1. The zero-order valence-corrected chi connectivity index (χ0v) is 29.5. The van der Waals surface area contributed by atoms with Gasteiger partial charge in [0.25, 0.3) is 0 Å². The Morgan fingerprint density at radius 3 is 2.23 bits per heavy atom. The van der Waals surface area contributed by atoms with Gasteiger partial charge >= 0.3 is 10.1 Å². The van der Waals surface area contributed by atoms with E-state index in [1.165, 1.54) is 37.4 Å². The van der Waals surface area contributed by atoms with Gasteiger partial charge in [0, 0.05) is 22.0 Å². The van der Waals surface area contributed by atoms with E-state index in [4.69, 9.17) is 13.7 Å². The van der Waals surface area contributed by atoms with Crippen molar-refractivity contribution in [3.8, 4) is 34.5 Å². The third-order valence-electron chi connectivity index (χ3n) is 7.60. The first-order valence-corrected chi connectivity index (χ1v) is 19.0. The highest BCUT2D eigenvalue weighted by Gasteiger charge is 2.24. The molecule has 0 aliphatic carbocycles. The summed E-state index contributed by atoms with van der Waals surface area (Å²) >= 11 is 1.33. The van der Waals surface area contributed by atoms with Gasteiger partial charge in [-0.1, -0.05) is 125 Å². The average Bonchev–Trinajstić information content (AvgIpc) is 3.10. The number of ether oxygens (including phenoxy) is 2. The highest BCUT2D eigenvalue weighted by Crippen LogP contribution is 2.38. The van der Waals surface area contributed by atoms with Crippen molar-refractivity contribution in [1.82, 2.24) is 0 Å². The van der Waals surface area contributed by atoms with Gasteiger partial charge in [0.2, 0.25) is 0 Å². The fourth-order valence-electron chi connectivity index (χ4n) is 4.99. The van der Waals surface area contributed by atoms with E-state index in [0.717, 1.165) is 36.3 Å². The van der Waals surface area contributed by atoms with E-state index < -0.39 is 16.2 Å². The first kappa shape index (κ1) is 37.1. The van der Waals surface area contributed by atoms with Crippen LogP contribution in [0.2, 0.25) is 0 Å². The van der Waals surface area contributed by atoms with Crippen molar-refractivity contribution in [2.45, 2.75) is 86.0 Å². The van der Waals surface area contributed by atoms with Gasteiger partial charge < -0.3 is 18.8 Å². The smallest absolute Gasteiger partial charge is 0.340 e. The summed E-state index contributed by atoms with van der Waals surface area (Å²) in [5.74, 6) is 6.82. The lowest BCUT2D eigenvalue weighted by atomic mass is 9.96. The average molecular weight is 687 g/mol. The van der Waals surface area contributed by atoms with E-state index >= 15 is 0 Å². The molecule has 8 heteroatoms. The minimum absolute atomic E-state index is 0.0237. The van der Waals surface area contributed by atoms with Crippen molar-refractivity contribution in [3.05, 3.63) is 103 Å². The van der Waals surface area contributed by atoms with Crippen molar-refractivity contribution >= 4 is 21.9 Å². The van der Waals surface area contributed by atoms with Gasteiger partial charge in [-0.2, -0.15) is 8.42 Å². The molecule has 0 radical (unpaired) electrons. The van der Waals surface area contributed by atoms with Crippen LogP contribution < -0.4 is 8.92 Å². The summed E-state index contributed by atoms with van der Waals surface area (Å²) in [6.07, 6.45) is 8.10. The Morgan fingerprint density at radius 2 is 1.46 bits per heavy atom. The molecule has 0 bridgehead atoms. The number of unbranched alkanes of at least 4 members (excludes halogenated alkanes) is 6. The summed E-state index contributed by atoms with van der Waals surface area (Å²) in [6, 6.07) is 28.6. The normalized spacial score (nSPS) is 11.8. The van der Waals surface area contributed by atoms with Crippen LogP contribution in [0.15, 0.2) is 112 Å². The van der Waals surface area contributed by atoms with Crippen molar-refractivity contribution in [3.63, 3.8) is 0 Å². The zero-order chi connectivity index (χ0) is 34.0. The van der Waals surface area contributed by atoms with E-state index in [1.54, 1.807) is 48.5 Å². The number of aliphatic hydroxyl groups is 1. The van der Waals surface area contributed by atoms with Crippen LogP contribution in [0.3, 0.4) is 0 Å². The molecule has 0 aliphatic heterocycles. The Labute approximate surface area is 291 Å². The van der Waals surface area contributed by atoms with E-state index in [9.17, 15) is 13.5 Å². The second kappa shape index (κ2) is 19.9. The third-order valence-corrected chi connectivity index (χ3v) is 10.1. The molecule has 1 atom stereocenters. The lowest BCUT2D eigenvalue weighted by Gasteiger charge is -2.16. The van der Waals surface area contributed by atoms with Crippen LogP contribution in [0.25, 0.3) is 11.1 Å². The fourth-order valence-corrected chi connectivity index (χ4v) is 7.28. The number of aliphatic hydroxyl groups excluding tert-OH is 1. The predicted molar refractivity (Wildman–Crippen MR) is 194 cm³/mol. The van der Waals surface area contributed by atoms with Gasteiger partial charge in [-0.25, -0.2) is 0 Å². The summed E-state index contributed by atoms with van der Waals surface area (Å²) < 4.78 is 44.6. The summed E-state index contributed by atoms with van der Waals surface area (Å²) in [4.78, 5) is 1.39. The standard InChI is InChI=1S/C40H46O6S2/c1-3-5-7-8-9-15-28-44-29-16-21-38(41)37-20-14-13-19-36(37)32-22-27-39(47-35-25-23-33(24-26-35)45-30-6-4-2)40(31-32)48(42,43)46-34-17-11-10-12-18-34/h10-14,17-20,22-27,31,38,41H,3-9,15,28-30H2,1-2H3. The molecule has 254 valence electrons. The molecule has 0 saturated carbocycles. The second-order valence-corrected chi connectivity index (χ2v) is 14.0. The molecule has 0 aliphatic rings. The van der Waals surface area contributed by atoms with Gasteiger partial charge in [0.15, 0.2) is 0 Å². The minimum Gasteiger partial charge on any atom is -0.494 e. The van der Waals surface area contributed by atoms with Crippen LogP contribution in [0, 0.1) is 11.8 Å². The molecular weight excluding hydrogens is 641 g/mol. The summed E-state index contributed by atoms with van der Waals surface area (Å²) in [5.41, 5.74) is 1.87. The molecular formula is C40H46O6S2. The van der Waals surface area contributed by atoms with Crippen molar-refractivity contribution < 1.29 is 27.2 Å². The van der Waals surface area contributed by atoms with Gasteiger partial charge in [0.05, 0.1) is 6.61 Å². The molecule has 0 aromatic heterocycles. The van der Waals surface area contributed by atoms with Crippen LogP contribution in [0.4, 0.5) is 0 Å². The second-order valence-electron chi connectivity index (χ2n) is 11.4. The Balaban J connectivity index is 1.55. The van der Waals surface area contributed by atoms with Crippen LogP contribution in [-0.2, 0) is 14.9 Å². The number of hydrogen-bond donors (Lipinski definition) is 1. The molecule has 4 aromatic rings. The number of rotatable bonds is 19. The summed E-state index contributed by atoms with van der Waals surface area (Å²) in [5, 5.41) is 11.1. The quantitative estimate of drug-likeness (QED) is 0.0597. The fraction of sp³-hybridized carbons (Fsp3) is 0.350. The first-order chi connectivity index (χ1) is 23.4. The lowest BCUT2D eigenvalue weighted by molar-refractivity contribution is 0.161. The van der Waals surface area contributed by atoms with Crippen LogP contribution >= 0.6 is 11.8 Å². The summed E-state index contributed by atoms with van der Waals surface area (Å²) in [6.45, 7) is 5.87. The topological polar surface area (TPSA) is 82.1 Å². The molecule has 4 rings (SSSR count). The Hall–Kier alpha value is -3.74. The largest absolute Gasteiger partial charge is 0.494 e. The van der Waals surface area contributed by atoms with Crippen molar-refractivity contribution in [1.29, 1.82) is 0 Å². The van der Waals surface area contributed by atoms with Gasteiger partial charge in [-0.15, -0.1) is 0 Å². The van der Waals surface area contributed by atoms with Crippen LogP contribution in [0.1, 0.15) is 76.9 Å². The SMILES string of the molecule is CCCCCCCCOCC#CC(O)c1ccccc1-c1ccc(Sc2ccc(OCCCC)cc2)c(S(=O)(=O)Oc2ccccc2)c1. The monoisotopic (exact) mass is 686 g/mol. The van der Waals surface area contributed by atoms with Crippen LogP contribution in [-0.4, -0.2) is 33.3 Å². The Kier molecular flexibility index (Phi) is 15.4. The number of benzene rings is 4. The number of hydrogen-bond acceptors (Lipinski definition) is 7. The highest BCUT2D eigenvalue weighted by molar-refractivity contribution is 8.00. The molecule has 0 saturated heterocycles. The maximum absolute atomic E-state index is 13.8. The molecule has 4 aromatic carbocycles. The maximum Gasteiger partial charge on any atom is 0.340 e. The summed E-state index contributed by atoms with van der Waals surface area (Å²) in [7, 11) is -4.24. The molecule has 0 heterocycles. The third kappa shape index (κ3) is 11.7. The van der Waals surface area contributed by atoms with E-state index in [2.05, 4.69) is 25.7 Å². The molecule has 6 nitrogen and oxygen atoms in total. The van der Waals surface area contributed by atoms with E-state index in [0.29, 0.717) is 34.8 Å². The highest BCUT2D eigenvalue weighted by atomic mass is 32.2. The van der Waals surface area contributed by atoms with Crippen LogP contribution in [0.5, 0.6) is 11.5 Å². The lowest BCUT2D eigenvalue weighted by Crippen LogP contribution is -2.11. The maximum atomic E-state index is 13.8. The molecule has 1 N–H and O–H groups in total. The Bertz CT molecular complexity index is 1710. The Morgan fingerprint density at radius 1 is 0.750 bits per heavy atom. The zero-order valence-electron chi connectivity index (χ0n) is 27.9. The molecule has 0 fully saturated rings. The van der Waals surface area contributed by atoms with Gasteiger partial charge in [-0.3, -0.25) is 0 Å². The molecule has 1 unspecified atom stereocenters. The molecule has 48 heavy (non-hydrogen) atoms. The van der Waals surface area contributed by atoms with E-state index in [1.807, 2.05) is 48.5 Å². The van der Waals surface area contributed by atoms with Crippen molar-refractivity contribution in [2.75, 3.05) is 19.8 Å². The predicted octanol–water partition coefficient (Wildman–Crippen LogP) is 9.87. The molecule has 0 amide bonds. The minimum atomic E-state index is -4.24. The van der Waals surface area contributed by atoms with E-state index in [-0.39, 0.29) is 17.3 Å².